The minimum Gasteiger partial charge on any atom is -0.459 e. The number of carbonyl (C=O) groups is 3. The van der Waals surface area contributed by atoms with Crippen LogP contribution in [0.25, 0.3) is 0 Å². The van der Waals surface area contributed by atoms with E-state index in [0.717, 1.165) is 19.3 Å². The van der Waals surface area contributed by atoms with Gasteiger partial charge in [0, 0.05) is 12.8 Å². The highest BCUT2D eigenvalue weighted by Gasteiger charge is 2.77. The number of hydrogen-bond donors (Lipinski definition) is 0. The molecule has 1 spiro atoms. The summed E-state index contributed by atoms with van der Waals surface area (Å²) < 4.78 is 15.8. The van der Waals surface area contributed by atoms with Gasteiger partial charge in [0.15, 0.2) is 0 Å². The van der Waals surface area contributed by atoms with Gasteiger partial charge in [-0.2, -0.15) is 0 Å². The first kappa shape index (κ1) is 11.4. The molecule has 4 fully saturated rings. The summed E-state index contributed by atoms with van der Waals surface area (Å²) in [6.45, 7) is 1.30. The van der Waals surface area contributed by atoms with E-state index >= 15 is 0 Å². The Morgan fingerprint density at radius 2 is 2.05 bits per heavy atom. The second kappa shape index (κ2) is 3.36. The lowest BCUT2D eigenvalue weighted by atomic mass is 9.67. The first-order valence-corrected chi connectivity index (χ1v) is 6.65. The highest BCUT2D eigenvalue weighted by atomic mass is 16.7. The van der Waals surface area contributed by atoms with Gasteiger partial charge in [-0.05, 0) is 12.8 Å². The fourth-order valence-electron chi connectivity index (χ4n) is 4.36. The van der Waals surface area contributed by atoms with E-state index in [9.17, 15) is 14.4 Å². The summed E-state index contributed by atoms with van der Waals surface area (Å²) in [5.74, 6) is -2.66. The molecule has 0 bridgehead atoms. The van der Waals surface area contributed by atoms with Gasteiger partial charge in [0.1, 0.15) is 23.7 Å². The van der Waals surface area contributed by atoms with Gasteiger partial charge in [-0.15, -0.1) is 0 Å². The maximum absolute atomic E-state index is 11.9. The van der Waals surface area contributed by atoms with Crippen molar-refractivity contribution in [3.63, 3.8) is 0 Å². The molecule has 0 radical (unpaired) electrons. The van der Waals surface area contributed by atoms with Gasteiger partial charge in [-0.1, -0.05) is 6.42 Å². The Bertz CT molecular complexity index is 499. The van der Waals surface area contributed by atoms with Crippen molar-refractivity contribution >= 4 is 17.9 Å². The quantitative estimate of drug-likeness (QED) is 0.382. The van der Waals surface area contributed by atoms with Crippen LogP contribution < -0.4 is 0 Å². The summed E-state index contributed by atoms with van der Waals surface area (Å²) in [6.07, 6.45) is 1.79. The molecule has 6 heteroatoms. The van der Waals surface area contributed by atoms with Crippen LogP contribution >= 0.6 is 0 Å². The maximum Gasteiger partial charge on any atom is 0.321 e. The van der Waals surface area contributed by atoms with Gasteiger partial charge in [0.2, 0.25) is 0 Å². The summed E-state index contributed by atoms with van der Waals surface area (Å²) in [6, 6.07) is 0. The van der Waals surface area contributed by atoms with E-state index in [-0.39, 0.29) is 17.6 Å². The summed E-state index contributed by atoms with van der Waals surface area (Å²) in [5, 5.41) is 0. The Morgan fingerprint density at radius 1 is 1.32 bits per heavy atom. The van der Waals surface area contributed by atoms with Crippen molar-refractivity contribution in [2.75, 3.05) is 0 Å². The number of esters is 3. The number of ether oxygens (including phenoxy) is 3. The highest BCUT2D eigenvalue weighted by molar-refractivity contribution is 5.97. The van der Waals surface area contributed by atoms with Crippen LogP contribution in [0.2, 0.25) is 0 Å². The lowest BCUT2D eigenvalue weighted by molar-refractivity contribution is -0.158. The third kappa shape index (κ3) is 1.27. The third-order valence-corrected chi connectivity index (χ3v) is 5.00. The summed E-state index contributed by atoms with van der Waals surface area (Å²) in [4.78, 5) is 35.0. The molecule has 0 aromatic rings. The molecular formula is C13H14O6. The molecule has 0 N–H and O–H groups in total. The van der Waals surface area contributed by atoms with E-state index < -0.39 is 35.8 Å². The van der Waals surface area contributed by atoms with Crippen LogP contribution in [0, 0.1) is 17.8 Å². The van der Waals surface area contributed by atoms with Gasteiger partial charge >= 0.3 is 17.9 Å². The summed E-state index contributed by atoms with van der Waals surface area (Å²) >= 11 is 0. The number of hydrogen-bond acceptors (Lipinski definition) is 6. The lowest BCUT2D eigenvalue weighted by Gasteiger charge is -2.33. The van der Waals surface area contributed by atoms with Crippen molar-refractivity contribution in [3.8, 4) is 0 Å². The standard InChI is InChI=1S/C13H14O6/c1-5(14)17-9-8-7(11(15)18-12(8)16)6-3-2-4-13(6)10(9)19-13/h6-10H,2-4H2,1H3/t6-,7+,8+,9-,10+,13-/m0/s1. The smallest absolute Gasteiger partial charge is 0.321 e. The molecule has 102 valence electrons. The van der Waals surface area contributed by atoms with Crippen LogP contribution in [0.15, 0.2) is 0 Å². The van der Waals surface area contributed by atoms with Gasteiger partial charge in [-0.3, -0.25) is 14.4 Å². The molecule has 2 aliphatic carbocycles. The average Bonchev–Trinajstić information content (AvgIpc) is 2.77. The first-order chi connectivity index (χ1) is 9.04. The first-order valence-electron chi connectivity index (χ1n) is 6.65. The molecule has 2 aliphatic heterocycles. The fourth-order valence-corrected chi connectivity index (χ4v) is 4.36. The van der Waals surface area contributed by atoms with Crippen molar-refractivity contribution in [1.29, 1.82) is 0 Å². The van der Waals surface area contributed by atoms with Crippen LogP contribution in [0.3, 0.4) is 0 Å². The zero-order chi connectivity index (χ0) is 13.4. The lowest BCUT2D eigenvalue weighted by Crippen LogP contribution is -2.50. The van der Waals surface area contributed by atoms with Crippen molar-refractivity contribution < 1.29 is 28.6 Å². The molecule has 2 heterocycles. The predicted molar refractivity (Wildman–Crippen MR) is 58.6 cm³/mol. The van der Waals surface area contributed by atoms with Crippen molar-refractivity contribution in [3.05, 3.63) is 0 Å². The van der Waals surface area contributed by atoms with Crippen molar-refractivity contribution in [2.45, 2.75) is 44.0 Å². The van der Waals surface area contributed by atoms with Gasteiger partial charge < -0.3 is 14.2 Å². The van der Waals surface area contributed by atoms with Crippen LogP contribution in [0.1, 0.15) is 26.2 Å². The number of fused-ring (bicyclic) bond motifs is 2. The summed E-state index contributed by atoms with van der Waals surface area (Å²) in [5.41, 5.74) is -0.356. The van der Waals surface area contributed by atoms with Crippen LogP contribution in [-0.4, -0.2) is 35.7 Å². The van der Waals surface area contributed by atoms with E-state index in [4.69, 9.17) is 14.2 Å². The molecule has 6 atom stereocenters. The highest BCUT2D eigenvalue weighted by Crippen LogP contribution is 2.64. The van der Waals surface area contributed by atoms with Crippen LogP contribution in [0.4, 0.5) is 0 Å². The Morgan fingerprint density at radius 3 is 2.79 bits per heavy atom. The second-order valence-corrected chi connectivity index (χ2v) is 5.86. The zero-order valence-corrected chi connectivity index (χ0v) is 10.5. The molecule has 6 nitrogen and oxygen atoms in total. The minimum atomic E-state index is -0.680. The van der Waals surface area contributed by atoms with E-state index in [1.165, 1.54) is 6.92 Å². The fraction of sp³-hybridized carbons (Fsp3) is 0.769. The van der Waals surface area contributed by atoms with E-state index in [1.807, 2.05) is 0 Å². The Balaban J connectivity index is 1.75. The largest absolute Gasteiger partial charge is 0.459 e. The second-order valence-electron chi connectivity index (χ2n) is 5.86. The molecule has 0 amide bonds. The number of rotatable bonds is 1. The molecule has 2 saturated heterocycles. The van der Waals surface area contributed by atoms with Gasteiger partial charge in [0.05, 0.1) is 5.92 Å². The minimum absolute atomic E-state index is 0.0354. The SMILES string of the molecule is CC(=O)O[C@H]1[C@@H]2C(=O)OC(=O)[C@@H]2[C@@H]2CCC[C@]23O[C@H]13. The molecule has 0 unspecified atom stereocenters. The van der Waals surface area contributed by atoms with Gasteiger partial charge in [0.25, 0.3) is 0 Å². The van der Waals surface area contributed by atoms with E-state index in [2.05, 4.69) is 0 Å². The average molecular weight is 266 g/mol. The molecule has 0 aromatic carbocycles. The predicted octanol–water partition coefficient (Wildman–Crippen LogP) is 0.185. The van der Waals surface area contributed by atoms with Gasteiger partial charge in [-0.25, -0.2) is 0 Å². The monoisotopic (exact) mass is 266 g/mol. The Labute approximate surface area is 109 Å². The van der Waals surface area contributed by atoms with Crippen LogP contribution in [-0.2, 0) is 28.6 Å². The Hall–Kier alpha value is -1.43. The molecule has 2 saturated carbocycles. The van der Waals surface area contributed by atoms with E-state index in [1.54, 1.807) is 0 Å². The molecule has 4 rings (SSSR count). The number of carbonyl (C=O) groups excluding carboxylic acids is 3. The third-order valence-electron chi connectivity index (χ3n) is 5.00. The Kier molecular flexibility index (Phi) is 2.02. The zero-order valence-electron chi connectivity index (χ0n) is 10.5. The van der Waals surface area contributed by atoms with E-state index in [0.29, 0.717) is 0 Å². The van der Waals surface area contributed by atoms with Crippen molar-refractivity contribution in [2.24, 2.45) is 17.8 Å². The maximum atomic E-state index is 11.9. The normalized spacial score (nSPS) is 50.1. The number of epoxide rings is 1. The van der Waals surface area contributed by atoms with Crippen LogP contribution in [0.5, 0.6) is 0 Å². The number of cyclic esters (lactones) is 2. The van der Waals surface area contributed by atoms with Crippen molar-refractivity contribution in [1.82, 2.24) is 0 Å². The molecule has 0 aromatic heterocycles. The topological polar surface area (TPSA) is 82.2 Å². The molecule has 19 heavy (non-hydrogen) atoms. The molecular weight excluding hydrogens is 252 g/mol. The molecule has 4 aliphatic rings. The summed E-state index contributed by atoms with van der Waals surface area (Å²) in [7, 11) is 0.